The van der Waals surface area contributed by atoms with Gasteiger partial charge in [-0.05, 0) is 48.9 Å². The number of fused-ring (bicyclic) bond motifs is 1. The highest BCUT2D eigenvalue weighted by atomic mass is 16.5. The van der Waals surface area contributed by atoms with E-state index in [2.05, 4.69) is 24.5 Å². The van der Waals surface area contributed by atoms with Crippen LogP contribution in [0, 0.1) is 29.1 Å². The lowest BCUT2D eigenvalue weighted by Gasteiger charge is -2.56. The van der Waals surface area contributed by atoms with Crippen molar-refractivity contribution in [2.24, 2.45) is 29.1 Å². The molecule has 6 heteroatoms. The maximum atomic E-state index is 12.5. The van der Waals surface area contributed by atoms with Gasteiger partial charge in [-0.15, -0.1) is 0 Å². The summed E-state index contributed by atoms with van der Waals surface area (Å²) in [6.45, 7) is 8.84. The smallest absolute Gasteiger partial charge is 0.223 e. The molecule has 0 radical (unpaired) electrons. The average molecular weight is 369 g/mol. The third-order valence-corrected chi connectivity index (χ3v) is 6.94. The molecular weight excluding hydrogens is 332 g/mol. The van der Waals surface area contributed by atoms with Crippen molar-refractivity contribution in [3.05, 3.63) is 0 Å². The lowest BCUT2D eigenvalue weighted by molar-refractivity contribution is -0.143. The fourth-order valence-corrected chi connectivity index (χ4v) is 5.39. The normalized spacial score (nSPS) is 38.2. The Bertz CT molecular complexity index is 512. The van der Waals surface area contributed by atoms with Gasteiger partial charge in [-0.3, -0.25) is 9.59 Å². The number of ether oxygens (including phenoxy) is 1. The largest absolute Gasteiger partial charge is 0.392 e. The molecule has 2 aliphatic carbocycles. The van der Waals surface area contributed by atoms with Crippen LogP contribution in [0.1, 0.15) is 53.4 Å². The van der Waals surface area contributed by atoms with Gasteiger partial charge in [0.15, 0.2) is 0 Å². The number of methoxy groups -OCH3 is 1. The first-order valence-corrected chi connectivity index (χ1v) is 9.93. The van der Waals surface area contributed by atoms with Gasteiger partial charge in [0, 0.05) is 32.5 Å². The molecule has 0 aromatic rings. The second kappa shape index (κ2) is 8.70. The zero-order valence-electron chi connectivity index (χ0n) is 16.9. The van der Waals surface area contributed by atoms with Crippen molar-refractivity contribution in [2.45, 2.75) is 65.5 Å². The molecule has 2 saturated carbocycles. The van der Waals surface area contributed by atoms with Crippen molar-refractivity contribution >= 4 is 11.8 Å². The molecule has 2 rings (SSSR count). The van der Waals surface area contributed by atoms with Crippen LogP contribution in [-0.2, 0) is 14.3 Å². The van der Waals surface area contributed by atoms with Gasteiger partial charge in [0.2, 0.25) is 11.8 Å². The van der Waals surface area contributed by atoms with Crippen molar-refractivity contribution in [1.29, 1.82) is 0 Å². The van der Waals surface area contributed by atoms with Gasteiger partial charge in [-0.25, -0.2) is 0 Å². The van der Waals surface area contributed by atoms with E-state index in [4.69, 9.17) is 4.74 Å². The molecule has 0 aliphatic heterocycles. The molecule has 2 amide bonds. The van der Waals surface area contributed by atoms with Gasteiger partial charge in [0.05, 0.1) is 12.7 Å². The van der Waals surface area contributed by atoms with Crippen LogP contribution in [0.2, 0.25) is 0 Å². The van der Waals surface area contributed by atoms with Gasteiger partial charge in [0.1, 0.15) is 0 Å². The molecule has 2 fully saturated rings. The van der Waals surface area contributed by atoms with Gasteiger partial charge in [-0.1, -0.05) is 20.8 Å². The van der Waals surface area contributed by atoms with Crippen LogP contribution >= 0.6 is 0 Å². The minimum Gasteiger partial charge on any atom is -0.392 e. The number of carbonyl (C=O) groups is 2. The molecular formula is C20H36N2O4. The fourth-order valence-electron chi connectivity index (χ4n) is 5.39. The zero-order valence-corrected chi connectivity index (χ0v) is 16.9. The Kier molecular flexibility index (Phi) is 7.08. The van der Waals surface area contributed by atoms with Crippen LogP contribution in [0.25, 0.3) is 0 Å². The van der Waals surface area contributed by atoms with Gasteiger partial charge in [0.25, 0.3) is 0 Å². The number of amides is 2. The molecule has 6 nitrogen and oxygen atoms in total. The summed E-state index contributed by atoms with van der Waals surface area (Å²) < 4.78 is 4.98. The van der Waals surface area contributed by atoms with E-state index >= 15 is 0 Å². The zero-order chi connectivity index (χ0) is 19.5. The number of hydrogen-bond donors (Lipinski definition) is 3. The lowest BCUT2D eigenvalue weighted by atomic mass is 9.51. The number of aliphatic hydroxyl groups excluding tert-OH is 1. The van der Waals surface area contributed by atoms with E-state index in [-0.39, 0.29) is 46.9 Å². The highest BCUT2D eigenvalue weighted by Gasteiger charge is 2.53. The second-order valence-corrected chi connectivity index (χ2v) is 8.65. The molecule has 0 unspecified atom stereocenters. The Morgan fingerprint density at radius 1 is 1.31 bits per heavy atom. The van der Waals surface area contributed by atoms with E-state index in [9.17, 15) is 14.7 Å². The predicted octanol–water partition coefficient (Wildman–Crippen LogP) is 1.71. The highest BCUT2D eigenvalue weighted by Crippen LogP contribution is 2.55. The summed E-state index contributed by atoms with van der Waals surface area (Å²) in [6, 6.07) is 0.102. The Morgan fingerprint density at radius 3 is 2.58 bits per heavy atom. The molecule has 0 bridgehead atoms. The summed E-state index contributed by atoms with van der Waals surface area (Å²) >= 11 is 0. The molecule has 26 heavy (non-hydrogen) atoms. The van der Waals surface area contributed by atoms with Crippen LogP contribution in [-0.4, -0.2) is 49.3 Å². The molecule has 0 spiro atoms. The number of nitrogens with one attached hydrogen (secondary N) is 2. The molecule has 0 saturated heterocycles. The van der Waals surface area contributed by atoms with E-state index in [0.29, 0.717) is 13.2 Å². The molecule has 2 aliphatic rings. The summed E-state index contributed by atoms with van der Waals surface area (Å²) in [5.41, 5.74) is 0.0799. The van der Waals surface area contributed by atoms with Gasteiger partial charge < -0.3 is 20.5 Å². The van der Waals surface area contributed by atoms with Gasteiger partial charge >= 0.3 is 0 Å². The predicted molar refractivity (Wildman–Crippen MR) is 100 cm³/mol. The Labute approximate surface area is 157 Å². The van der Waals surface area contributed by atoms with Crippen LogP contribution in [0.5, 0.6) is 0 Å². The lowest BCUT2D eigenvalue weighted by Crippen LogP contribution is -2.58. The van der Waals surface area contributed by atoms with Crippen LogP contribution in [0.15, 0.2) is 0 Å². The maximum Gasteiger partial charge on any atom is 0.223 e. The van der Waals surface area contributed by atoms with Crippen LogP contribution in [0.4, 0.5) is 0 Å². The minimum atomic E-state index is -0.525. The van der Waals surface area contributed by atoms with Crippen molar-refractivity contribution in [3.8, 4) is 0 Å². The standard InChI is InChI=1S/C20H36N2O4/c1-12(19(25)21-10-11-26-5)15-6-8-20(4)9-7-16(22-14(3)23)13(2)17(20)18(15)24/h12-13,15-18,24H,6-11H2,1-5H3,(H,21,25)(H,22,23)/t12-,13+,15+,16-,17+,18-,20-/m0/s1. The van der Waals surface area contributed by atoms with Crippen molar-refractivity contribution < 1.29 is 19.4 Å². The quantitative estimate of drug-likeness (QED) is 0.623. The van der Waals surface area contributed by atoms with E-state index < -0.39 is 6.10 Å². The van der Waals surface area contributed by atoms with Crippen LogP contribution in [0.3, 0.4) is 0 Å². The van der Waals surface area contributed by atoms with E-state index in [1.165, 1.54) is 0 Å². The SMILES string of the molecule is COCCNC(=O)[C@@H](C)[C@H]1CC[C@@]2(C)CC[C@H](NC(C)=O)[C@@H](C)[C@@H]2[C@H]1O. The van der Waals surface area contributed by atoms with Crippen molar-refractivity contribution in [2.75, 3.05) is 20.3 Å². The minimum absolute atomic E-state index is 0.0156. The molecule has 0 heterocycles. The summed E-state index contributed by atoms with van der Waals surface area (Å²) in [7, 11) is 1.61. The van der Waals surface area contributed by atoms with Gasteiger partial charge in [-0.2, -0.15) is 0 Å². The average Bonchev–Trinajstić information content (AvgIpc) is 2.57. The van der Waals surface area contributed by atoms with E-state index in [1.54, 1.807) is 14.0 Å². The number of carbonyl (C=O) groups excluding carboxylic acids is 2. The summed E-state index contributed by atoms with van der Waals surface area (Å²) in [4.78, 5) is 24.0. The first-order chi connectivity index (χ1) is 12.2. The molecule has 7 atom stereocenters. The monoisotopic (exact) mass is 368 g/mol. The topological polar surface area (TPSA) is 87.7 Å². The summed E-state index contributed by atoms with van der Waals surface area (Å²) in [5, 5.41) is 17.2. The van der Waals surface area contributed by atoms with Crippen molar-refractivity contribution in [3.63, 3.8) is 0 Å². The Hall–Kier alpha value is -1.14. The Balaban J connectivity index is 2.10. The fraction of sp³-hybridized carbons (Fsp3) is 0.900. The first kappa shape index (κ1) is 21.2. The maximum absolute atomic E-state index is 12.5. The van der Waals surface area contributed by atoms with Crippen LogP contribution < -0.4 is 10.6 Å². The second-order valence-electron chi connectivity index (χ2n) is 8.65. The summed E-state index contributed by atoms with van der Waals surface area (Å²) in [6.07, 6.45) is 3.32. The number of rotatable bonds is 6. The number of aliphatic hydroxyl groups is 1. The van der Waals surface area contributed by atoms with Crippen molar-refractivity contribution in [1.82, 2.24) is 10.6 Å². The third-order valence-electron chi connectivity index (χ3n) is 6.94. The summed E-state index contributed by atoms with van der Waals surface area (Å²) in [5.74, 6) is -0.0241. The van der Waals surface area contributed by atoms with E-state index in [0.717, 1.165) is 25.7 Å². The molecule has 0 aromatic carbocycles. The molecule has 0 aromatic heterocycles. The molecule has 3 N–H and O–H groups in total. The Morgan fingerprint density at radius 2 is 1.96 bits per heavy atom. The molecule has 150 valence electrons. The number of hydrogen-bond acceptors (Lipinski definition) is 4. The van der Waals surface area contributed by atoms with E-state index in [1.807, 2.05) is 6.92 Å². The highest BCUT2D eigenvalue weighted by molar-refractivity contribution is 5.78. The third kappa shape index (κ3) is 4.39. The first-order valence-electron chi connectivity index (χ1n) is 9.93.